The maximum atomic E-state index is 14.4. The summed E-state index contributed by atoms with van der Waals surface area (Å²) in [5.74, 6) is -7.08. The van der Waals surface area contributed by atoms with Gasteiger partial charge in [-0.2, -0.15) is 0 Å². The molecule has 0 aliphatic carbocycles. The standard InChI is InChI=1S/C42H62N4O17/c1-22(58-34-32(61-26(5)50)31(60-25(4)49)30(59-24(3)48)28(62-34)21-56-23(2)47)29(43-35(52)40(9,10)46-38(55)57-20-27-18-16-15-17-19-27)33(51)44-41(11,12)36(53)45-42(13,14)37(54)63-39(6,7)8/h15-19,22,28-32,34H,20-21H2,1-14H3,(H,43,52)(H,44,51)(H,45,53)(H,46,55)/t22-,28-,29+,30+,31+,32-,34-/m1/s1. The van der Waals surface area contributed by atoms with Gasteiger partial charge in [-0.25, -0.2) is 9.59 Å². The lowest BCUT2D eigenvalue weighted by Crippen LogP contribution is -2.67. The molecule has 2 rings (SSSR count). The van der Waals surface area contributed by atoms with E-state index in [1.54, 1.807) is 51.1 Å². The molecule has 21 heteroatoms. The summed E-state index contributed by atoms with van der Waals surface area (Å²) in [4.78, 5) is 117. The Bertz CT molecular complexity index is 1840. The van der Waals surface area contributed by atoms with Gasteiger partial charge in [-0.1, -0.05) is 30.3 Å². The molecular weight excluding hydrogens is 832 g/mol. The molecule has 63 heavy (non-hydrogen) atoms. The van der Waals surface area contributed by atoms with Crippen LogP contribution in [0.3, 0.4) is 0 Å². The van der Waals surface area contributed by atoms with Gasteiger partial charge in [0.15, 0.2) is 24.6 Å². The molecule has 1 saturated heterocycles. The van der Waals surface area contributed by atoms with Gasteiger partial charge in [-0.15, -0.1) is 0 Å². The Morgan fingerprint density at radius 1 is 0.635 bits per heavy atom. The van der Waals surface area contributed by atoms with E-state index in [2.05, 4.69) is 21.3 Å². The Morgan fingerprint density at radius 3 is 1.68 bits per heavy atom. The summed E-state index contributed by atoms with van der Waals surface area (Å²) in [6.07, 6.45) is -10.6. The number of rotatable bonds is 18. The van der Waals surface area contributed by atoms with Crippen LogP contribution in [-0.2, 0) is 82.9 Å². The lowest BCUT2D eigenvalue weighted by molar-refractivity contribution is -0.316. The van der Waals surface area contributed by atoms with Gasteiger partial charge in [0.1, 0.15) is 47.6 Å². The third kappa shape index (κ3) is 17.1. The van der Waals surface area contributed by atoms with Gasteiger partial charge in [-0.3, -0.25) is 33.6 Å². The fourth-order valence-corrected chi connectivity index (χ4v) is 5.72. The van der Waals surface area contributed by atoms with Crippen LogP contribution in [0, 0.1) is 0 Å². The molecule has 4 N–H and O–H groups in total. The van der Waals surface area contributed by atoms with Gasteiger partial charge in [0.25, 0.3) is 0 Å². The number of esters is 5. The molecule has 4 amide bonds. The summed E-state index contributed by atoms with van der Waals surface area (Å²) < 4.78 is 44.4. The number of hydrogen-bond donors (Lipinski definition) is 4. The summed E-state index contributed by atoms with van der Waals surface area (Å²) in [5.41, 5.74) is -5.37. The van der Waals surface area contributed by atoms with Crippen molar-refractivity contribution >= 4 is 53.7 Å². The minimum atomic E-state index is -1.80. The number of hydrogen-bond acceptors (Lipinski definition) is 17. The van der Waals surface area contributed by atoms with Gasteiger partial charge < -0.3 is 59.2 Å². The summed E-state index contributed by atoms with van der Waals surface area (Å²) in [6, 6.07) is 6.94. The number of benzene rings is 1. The van der Waals surface area contributed by atoms with Crippen LogP contribution in [0.25, 0.3) is 0 Å². The molecule has 1 heterocycles. The summed E-state index contributed by atoms with van der Waals surface area (Å²) in [7, 11) is 0. The molecule has 0 bridgehead atoms. The van der Waals surface area contributed by atoms with Gasteiger partial charge in [-0.05, 0) is 74.8 Å². The minimum Gasteiger partial charge on any atom is -0.463 e. The van der Waals surface area contributed by atoms with Crippen molar-refractivity contribution in [3.05, 3.63) is 35.9 Å². The fraction of sp³-hybridized carbons (Fsp3) is 0.643. The topological polar surface area (TPSA) is 276 Å². The van der Waals surface area contributed by atoms with Gasteiger partial charge in [0.2, 0.25) is 17.7 Å². The molecule has 0 spiro atoms. The average Bonchev–Trinajstić information content (AvgIpc) is 3.12. The van der Waals surface area contributed by atoms with E-state index in [-0.39, 0.29) is 6.61 Å². The summed E-state index contributed by atoms with van der Waals surface area (Å²) in [6.45, 7) is 17.8. The average molecular weight is 895 g/mol. The second-order valence-electron chi connectivity index (χ2n) is 17.4. The van der Waals surface area contributed by atoms with Crippen LogP contribution < -0.4 is 21.3 Å². The van der Waals surface area contributed by atoms with Crippen LogP contribution in [0.2, 0.25) is 0 Å². The largest absolute Gasteiger partial charge is 0.463 e. The molecule has 0 saturated carbocycles. The predicted octanol–water partition coefficient (Wildman–Crippen LogP) is 1.80. The number of amides is 4. The first kappa shape index (κ1) is 53.3. The molecule has 1 aromatic carbocycles. The second kappa shape index (κ2) is 22.0. The van der Waals surface area contributed by atoms with Crippen molar-refractivity contribution in [2.45, 2.75) is 169 Å². The predicted molar refractivity (Wildman–Crippen MR) is 219 cm³/mol. The SMILES string of the molecule is CC(=O)OC[C@H]1O[C@@H](O[C@H](C)[C@H](NC(=O)C(C)(C)NC(=O)OCc2ccccc2)C(=O)NC(C)(C)C(=O)NC(C)(C)C(=O)OC(C)(C)C)[C@H](OC(C)=O)[C@@H](OC(C)=O)[C@H]1OC(C)=O. The zero-order valence-electron chi connectivity index (χ0n) is 38.3. The smallest absolute Gasteiger partial charge is 0.408 e. The zero-order chi connectivity index (χ0) is 48.2. The van der Waals surface area contributed by atoms with Crippen molar-refractivity contribution < 1.29 is 81.0 Å². The maximum absolute atomic E-state index is 14.4. The number of nitrogens with one attached hydrogen (secondary N) is 4. The number of alkyl carbamates (subject to hydrolysis) is 1. The fourth-order valence-electron chi connectivity index (χ4n) is 5.72. The maximum Gasteiger partial charge on any atom is 0.408 e. The van der Waals surface area contributed by atoms with Crippen LogP contribution in [0.5, 0.6) is 0 Å². The molecular formula is C42H62N4O17. The molecule has 1 aliphatic heterocycles. The van der Waals surface area contributed by atoms with Crippen LogP contribution in [-0.4, -0.2) is 125 Å². The molecule has 1 aromatic rings. The van der Waals surface area contributed by atoms with Crippen LogP contribution >= 0.6 is 0 Å². The lowest BCUT2D eigenvalue weighted by atomic mass is 9.97. The van der Waals surface area contributed by atoms with Crippen LogP contribution in [0.4, 0.5) is 4.79 Å². The molecule has 21 nitrogen and oxygen atoms in total. The minimum absolute atomic E-state index is 0.127. The van der Waals surface area contributed by atoms with E-state index in [9.17, 15) is 43.2 Å². The van der Waals surface area contributed by atoms with E-state index >= 15 is 0 Å². The van der Waals surface area contributed by atoms with Gasteiger partial charge in [0, 0.05) is 27.7 Å². The van der Waals surface area contributed by atoms with E-state index in [4.69, 9.17) is 37.9 Å². The van der Waals surface area contributed by atoms with Gasteiger partial charge in [0.05, 0.1) is 6.10 Å². The van der Waals surface area contributed by atoms with E-state index in [1.165, 1.54) is 48.5 Å². The highest BCUT2D eigenvalue weighted by Gasteiger charge is 2.54. The van der Waals surface area contributed by atoms with Crippen LogP contribution in [0.15, 0.2) is 30.3 Å². The van der Waals surface area contributed by atoms with Gasteiger partial charge >= 0.3 is 35.9 Å². The highest BCUT2D eigenvalue weighted by molar-refractivity contribution is 5.98. The molecule has 1 aliphatic rings. The molecule has 7 atom stereocenters. The van der Waals surface area contributed by atoms with Crippen molar-refractivity contribution in [1.29, 1.82) is 0 Å². The first-order valence-corrected chi connectivity index (χ1v) is 20.0. The summed E-state index contributed by atoms with van der Waals surface area (Å²) in [5, 5.41) is 10.1. The second-order valence-corrected chi connectivity index (χ2v) is 17.4. The molecule has 0 radical (unpaired) electrons. The van der Waals surface area contributed by atoms with E-state index in [0.717, 1.165) is 27.7 Å². The Balaban J connectivity index is 2.58. The highest BCUT2D eigenvalue weighted by Crippen LogP contribution is 2.31. The van der Waals surface area contributed by atoms with Crippen molar-refractivity contribution in [2.75, 3.05) is 6.61 Å². The van der Waals surface area contributed by atoms with Crippen molar-refractivity contribution in [3.8, 4) is 0 Å². The number of carbonyl (C=O) groups is 9. The van der Waals surface area contributed by atoms with Crippen LogP contribution in [0.1, 0.15) is 102 Å². The number of carbonyl (C=O) groups excluding carboxylic acids is 9. The third-order valence-electron chi connectivity index (χ3n) is 8.87. The quantitative estimate of drug-likeness (QED) is 0.121. The molecule has 1 fully saturated rings. The monoisotopic (exact) mass is 894 g/mol. The van der Waals surface area contributed by atoms with Crippen molar-refractivity contribution in [3.63, 3.8) is 0 Å². The Kier molecular flexibility index (Phi) is 18.6. The van der Waals surface area contributed by atoms with Crippen molar-refractivity contribution in [1.82, 2.24) is 21.3 Å². The van der Waals surface area contributed by atoms with Crippen molar-refractivity contribution in [2.24, 2.45) is 0 Å². The first-order valence-electron chi connectivity index (χ1n) is 20.0. The first-order chi connectivity index (χ1) is 28.8. The molecule has 0 unspecified atom stereocenters. The van der Waals surface area contributed by atoms with E-state index in [0.29, 0.717) is 5.56 Å². The lowest BCUT2D eigenvalue weighted by Gasteiger charge is -2.45. The third-order valence-corrected chi connectivity index (χ3v) is 8.87. The molecule has 0 aromatic heterocycles. The Labute approximate surface area is 366 Å². The number of ether oxygens (including phenoxy) is 8. The zero-order valence-corrected chi connectivity index (χ0v) is 38.3. The summed E-state index contributed by atoms with van der Waals surface area (Å²) >= 11 is 0. The van der Waals surface area contributed by atoms with E-state index in [1.807, 2.05) is 0 Å². The molecule has 352 valence electrons. The normalized spacial score (nSPS) is 20.0. The highest BCUT2D eigenvalue weighted by atomic mass is 16.7. The Hall–Kier alpha value is -5.83. The Morgan fingerprint density at radius 2 is 1.16 bits per heavy atom. The van der Waals surface area contributed by atoms with E-state index < -0.39 is 125 Å².